The molecule has 0 aromatic heterocycles. The van der Waals surface area contributed by atoms with E-state index in [2.05, 4.69) is 5.32 Å². The zero-order chi connectivity index (χ0) is 20.9. The van der Waals surface area contributed by atoms with E-state index in [1.165, 1.54) is 0 Å². The SMILES string of the molecule is CCOC(=O)C(CNCC(Cc1ccccc1)C(=O)OCC)Cc1ccccc1. The Morgan fingerprint density at radius 1 is 0.724 bits per heavy atom. The van der Waals surface area contributed by atoms with Gasteiger partial charge in [0.25, 0.3) is 0 Å². The van der Waals surface area contributed by atoms with Gasteiger partial charge in [0.15, 0.2) is 0 Å². The van der Waals surface area contributed by atoms with Gasteiger partial charge in [0.2, 0.25) is 0 Å². The topological polar surface area (TPSA) is 64.6 Å². The molecule has 1 N–H and O–H groups in total. The molecule has 2 atom stereocenters. The maximum Gasteiger partial charge on any atom is 0.310 e. The van der Waals surface area contributed by atoms with Crippen LogP contribution in [0.4, 0.5) is 0 Å². The van der Waals surface area contributed by atoms with Gasteiger partial charge in [-0.3, -0.25) is 9.59 Å². The van der Waals surface area contributed by atoms with Gasteiger partial charge in [0.05, 0.1) is 25.0 Å². The zero-order valence-electron chi connectivity index (χ0n) is 17.3. The van der Waals surface area contributed by atoms with Crippen LogP contribution >= 0.6 is 0 Å². The van der Waals surface area contributed by atoms with Crippen LogP contribution in [0.5, 0.6) is 0 Å². The molecule has 0 spiro atoms. The van der Waals surface area contributed by atoms with Crippen molar-refractivity contribution in [2.75, 3.05) is 26.3 Å². The lowest BCUT2D eigenvalue weighted by atomic mass is 9.97. The molecule has 0 aliphatic heterocycles. The maximum atomic E-state index is 12.4. The number of carbonyl (C=O) groups is 2. The van der Waals surface area contributed by atoms with Crippen LogP contribution in [0.25, 0.3) is 0 Å². The van der Waals surface area contributed by atoms with E-state index in [4.69, 9.17) is 9.47 Å². The Bertz CT molecular complexity index is 670. The molecule has 0 aliphatic rings. The number of esters is 2. The lowest BCUT2D eigenvalue weighted by Crippen LogP contribution is -2.37. The molecule has 0 aliphatic carbocycles. The molecule has 0 amide bonds. The number of hydrogen-bond acceptors (Lipinski definition) is 5. The predicted molar refractivity (Wildman–Crippen MR) is 113 cm³/mol. The van der Waals surface area contributed by atoms with Crippen molar-refractivity contribution in [3.8, 4) is 0 Å². The van der Waals surface area contributed by atoms with E-state index in [9.17, 15) is 9.59 Å². The second-order valence-corrected chi connectivity index (χ2v) is 6.94. The highest BCUT2D eigenvalue weighted by Crippen LogP contribution is 2.13. The summed E-state index contributed by atoms with van der Waals surface area (Å²) in [4.78, 5) is 24.8. The van der Waals surface area contributed by atoms with Gasteiger partial charge in [-0.1, -0.05) is 60.7 Å². The average Bonchev–Trinajstić information content (AvgIpc) is 2.74. The van der Waals surface area contributed by atoms with Crippen molar-refractivity contribution >= 4 is 11.9 Å². The van der Waals surface area contributed by atoms with E-state index in [0.717, 1.165) is 11.1 Å². The van der Waals surface area contributed by atoms with Gasteiger partial charge >= 0.3 is 11.9 Å². The van der Waals surface area contributed by atoms with E-state index in [0.29, 0.717) is 39.1 Å². The summed E-state index contributed by atoms with van der Waals surface area (Å²) in [5, 5.41) is 3.30. The molecule has 5 nitrogen and oxygen atoms in total. The van der Waals surface area contributed by atoms with Crippen LogP contribution in [0.3, 0.4) is 0 Å². The van der Waals surface area contributed by atoms with Crippen LogP contribution < -0.4 is 5.32 Å². The molecule has 0 saturated carbocycles. The number of nitrogens with one attached hydrogen (secondary N) is 1. The molecule has 0 radical (unpaired) electrons. The quantitative estimate of drug-likeness (QED) is 0.556. The van der Waals surface area contributed by atoms with Crippen LogP contribution in [-0.4, -0.2) is 38.2 Å². The molecule has 0 fully saturated rings. The average molecular weight is 398 g/mol. The van der Waals surface area contributed by atoms with Gasteiger partial charge in [0, 0.05) is 13.1 Å². The van der Waals surface area contributed by atoms with Crippen LogP contribution in [0.2, 0.25) is 0 Å². The molecular formula is C24H31NO4. The van der Waals surface area contributed by atoms with Crippen LogP contribution in [0, 0.1) is 11.8 Å². The van der Waals surface area contributed by atoms with E-state index in [-0.39, 0.29) is 23.8 Å². The lowest BCUT2D eigenvalue weighted by molar-refractivity contribution is -0.147. The monoisotopic (exact) mass is 397 g/mol. The number of carbonyl (C=O) groups excluding carboxylic acids is 2. The summed E-state index contributed by atoms with van der Waals surface area (Å²) >= 11 is 0. The molecular weight excluding hydrogens is 366 g/mol. The Labute approximate surface area is 173 Å². The Kier molecular flexibility index (Phi) is 9.93. The minimum Gasteiger partial charge on any atom is -0.466 e. The summed E-state index contributed by atoms with van der Waals surface area (Å²) in [6, 6.07) is 19.8. The number of benzene rings is 2. The Balaban J connectivity index is 1.98. The molecule has 2 unspecified atom stereocenters. The third kappa shape index (κ3) is 8.08. The summed E-state index contributed by atoms with van der Waals surface area (Å²) in [5.74, 6) is -1.06. The predicted octanol–water partition coefficient (Wildman–Crippen LogP) is 3.42. The van der Waals surface area contributed by atoms with Gasteiger partial charge in [0.1, 0.15) is 0 Å². The summed E-state index contributed by atoms with van der Waals surface area (Å²) < 4.78 is 10.5. The standard InChI is InChI=1S/C24H31NO4/c1-3-28-23(26)21(15-19-11-7-5-8-12-19)17-25-18-22(24(27)29-4-2)16-20-13-9-6-10-14-20/h5-14,21-22,25H,3-4,15-18H2,1-2H3. The highest BCUT2D eigenvalue weighted by Gasteiger charge is 2.23. The van der Waals surface area contributed by atoms with Gasteiger partial charge in [-0.05, 0) is 37.8 Å². The highest BCUT2D eigenvalue weighted by molar-refractivity contribution is 5.74. The van der Waals surface area contributed by atoms with Gasteiger partial charge < -0.3 is 14.8 Å². The van der Waals surface area contributed by atoms with Crippen molar-refractivity contribution in [3.63, 3.8) is 0 Å². The number of rotatable bonds is 12. The van der Waals surface area contributed by atoms with Crippen molar-refractivity contribution in [1.82, 2.24) is 5.32 Å². The fraction of sp³-hybridized carbons (Fsp3) is 0.417. The third-order valence-electron chi connectivity index (χ3n) is 4.67. The first-order chi connectivity index (χ1) is 14.1. The van der Waals surface area contributed by atoms with Crippen LogP contribution in [0.15, 0.2) is 60.7 Å². The van der Waals surface area contributed by atoms with Gasteiger partial charge in [-0.15, -0.1) is 0 Å². The highest BCUT2D eigenvalue weighted by atomic mass is 16.5. The van der Waals surface area contributed by atoms with E-state index < -0.39 is 0 Å². The Morgan fingerprint density at radius 3 is 1.45 bits per heavy atom. The zero-order valence-corrected chi connectivity index (χ0v) is 17.3. The summed E-state index contributed by atoms with van der Waals surface area (Å²) in [7, 11) is 0. The fourth-order valence-electron chi connectivity index (χ4n) is 3.23. The first kappa shape index (κ1) is 22.6. The van der Waals surface area contributed by atoms with Crippen LogP contribution in [-0.2, 0) is 31.9 Å². The van der Waals surface area contributed by atoms with Gasteiger partial charge in [-0.2, -0.15) is 0 Å². The van der Waals surface area contributed by atoms with Crippen molar-refractivity contribution in [2.45, 2.75) is 26.7 Å². The molecule has 2 aromatic rings. The molecule has 29 heavy (non-hydrogen) atoms. The second-order valence-electron chi connectivity index (χ2n) is 6.94. The van der Waals surface area contributed by atoms with E-state index in [1.807, 2.05) is 74.5 Å². The minimum absolute atomic E-state index is 0.223. The smallest absolute Gasteiger partial charge is 0.310 e. The van der Waals surface area contributed by atoms with Crippen molar-refractivity contribution < 1.29 is 19.1 Å². The minimum atomic E-state index is -0.308. The molecule has 2 aromatic carbocycles. The summed E-state index contributed by atoms with van der Waals surface area (Å²) in [6.45, 7) is 5.20. The second kappa shape index (κ2) is 12.7. The fourth-order valence-corrected chi connectivity index (χ4v) is 3.23. The van der Waals surface area contributed by atoms with Crippen molar-refractivity contribution in [2.24, 2.45) is 11.8 Å². The molecule has 2 rings (SSSR count). The maximum absolute atomic E-state index is 12.4. The molecule has 0 heterocycles. The van der Waals surface area contributed by atoms with E-state index >= 15 is 0 Å². The summed E-state index contributed by atoms with van der Waals surface area (Å²) in [6.07, 6.45) is 1.19. The van der Waals surface area contributed by atoms with Gasteiger partial charge in [-0.25, -0.2) is 0 Å². The number of hydrogen-bond donors (Lipinski definition) is 1. The lowest BCUT2D eigenvalue weighted by Gasteiger charge is -2.20. The number of ether oxygens (including phenoxy) is 2. The molecule has 156 valence electrons. The Morgan fingerprint density at radius 2 is 1.10 bits per heavy atom. The normalized spacial score (nSPS) is 12.8. The largest absolute Gasteiger partial charge is 0.466 e. The Hall–Kier alpha value is -2.66. The van der Waals surface area contributed by atoms with Crippen molar-refractivity contribution in [1.29, 1.82) is 0 Å². The third-order valence-corrected chi connectivity index (χ3v) is 4.67. The summed E-state index contributed by atoms with van der Waals surface area (Å²) in [5.41, 5.74) is 2.16. The molecule has 5 heteroatoms. The first-order valence-corrected chi connectivity index (χ1v) is 10.3. The molecule has 0 saturated heterocycles. The van der Waals surface area contributed by atoms with Crippen LogP contribution in [0.1, 0.15) is 25.0 Å². The van der Waals surface area contributed by atoms with Crippen molar-refractivity contribution in [3.05, 3.63) is 71.8 Å². The van der Waals surface area contributed by atoms with E-state index in [1.54, 1.807) is 0 Å². The first-order valence-electron chi connectivity index (χ1n) is 10.3. The molecule has 0 bridgehead atoms.